The molecule has 0 unspecified atom stereocenters. The molecule has 1 heterocycles. The number of rotatable bonds is 5. The highest BCUT2D eigenvalue weighted by Crippen LogP contribution is 2.00. The first-order valence-electron chi connectivity index (χ1n) is 4.78. The smallest absolute Gasteiger partial charge is 0.220 e. The molecule has 5 heteroatoms. The molecule has 0 fully saturated rings. The van der Waals surface area contributed by atoms with Crippen LogP contribution >= 0.6 is 0 Å². The summed E-state index contributed by atoms with van der Waals surface area (Å²) in [6.07, 6.45) is 1.86. The van der Waals surface area contributed by atoms with Crippen LogP contribution in [0.25, 0.3) is 0 Å². The molecule has 0 aliphatic rings. The summed E-state index contributed by atoms with van der Waals surface area (Å²) in [6, 6.07) is 0. The minimum atomic E-state index is 0.0303. The van der Waals surface area contributed by atoms with Gasteiger partial charge in [-0.2, -0.15) is 0 Å². The standard InChI is InChI=1S/C9H15N3O2/c1-3-6-10-8(13)4-5-9-12-11-7(2)14-9/h3-6H2,1-2H3,(H,10,13). The number of aryl methyl sites for hydroxylation is 2. The van der Waals surface area contributed by atoms with Gasteiger partial charge < -0.3 is 9.73 Å². The van der Waals surface area contributed by atoms with Gasteiger partial charge in [0.1, 0.15) is 0 Å². The molecule has 1 N–H and O–H groups in total. The van der Waals surface area contributed by atoms with Gasteiger partial charge in [0.25, 0.3) is 0 Å². The third-order valence-electron chi connectivity index (χ3n) is 1.71. The van der Waals surface area contributed by atoms with Crippen molar-refractivity contribution in [3.8, 4) is 0 Å². The van der Waals surface area contributed by atoms with Gasteiger partial charge in [-0.05, 0) is 6.42 Å². The number of carbonyl (C=O) groups excluding carboxylic acids is 1. The minimum absolute atomic E-state index is 0.0303. The average Bonchev–Trinajstić information content (AvgIpc) is 2.58. The SMILES string of the molecule is CCCNC(=O)CCc1nnc(C)o1. The number of nitrogens with zero attached hydrogens (tertiary/aromatic N) is 2. The first-order chi connectivity index (χ1) is 6.72. The third kappa shape index (κ3) is 3.55. The van der Waals surface area contributed by atoms with E-state index in [1.165, 1.54) is 0 Å². The van der Waals surface area contributed by atoms with Gasteiger partial charge in [0, 0.05) is 26.3 Å². The van der Waals surface area contributed by atoms with E-state index < -0.39 is 0 Å². The molecule has 0 atom stereocenters. The molecule has 1 amide bonds. The summed E-state index contributed by atoms with van der Waals surface area (Å²) in [6.45, 7) is 4.47. The molecule has 1 rings (SSSR count). The molecule has 5 nitrogen and oxygen atoms in total. The largest absolute Gasteiger partial charge is 0.426 e. The summed E-state index contributed by atoms with van der Waals surface area (Å²) < 4.78 is 5.14. The average molecular weight is 197 g/mol. The Morgan fingerprint density at radius 2 is 2.29 bits per heavy atom. The second-order valence-electron chi connectivity index (χ2n) is 3.06. The van der Waals surface area contributed by atoms with Crippen molar-refractivity contribution in [2.75, 3.05) is 6.54 Å². The van der Waals surface area contributed by atoms with Gasteiger partial charge in [-0.15, -0.1) is 10.2 Å². The van der Waals surface area contributed by atoms with Crippen molar-refractivity contribution in [1.29, 1.82) is 0 Å². The van der Waals surface area contributed by atoms with E-state index in [0.717, 1.165) is 13.0 Å². The Labute approximate surface area is 82.9 Å². The molecule has 1 aromatic heterocycles. The first-order valence-corrected chi connectivity index (χ1v) is 4.78. The fourth-order valence-corrected chi connectivity index (χ4v) is 1.01. The van der Waals surface area contributed by atoms with Gasteiger partial charge in [-0.25, -0.2) is 0 Å². The predicted octanol–water partition coefficient (Wildman–Crippen LogP) is 0.837. The highest BCUT2D eigenvalue weighted by molar-refractivity contribution is 5.75. The van der Waals surface area contributed by atoms with Crippen LogP contribution in [0.4, 0.5) is 0 Å². The van der Waals surface area contributed by atoms with E-state index >= 15 is 0 Å². The lowest BCUT2D eigenvalue weighted by Gasteiger charge is -2.00. The van der Waals surface area contributed by atoms with Gasteiger partial charge in [-0.1, -0.05) is 6.92 Å². The molecular formula is C9H15N3O2. The van der Waals surface area contributed by atoms with Gasteiger partial charge in [-0.3, -0.25) is 4.79 Å². The molecule has 0 saturated heterocycles. The van der Waals surface area contributed by atoms with E-state index in [9.17, 15) is 4.79 Å². The minimum Gasteiger partial charge on any atom is -0.426 e. The molecule has 78 valence electrons. The van der Waals surface area contributed by atoms with Crippen LogP contribution in [0.3, 0.4) is 0 Å². The maximum absolute atomic E-state index is 11.2. The van der Waals surface area contributed by atoms with Crippen molar-refractivity contribution in [2.24, 2.45) is 0 Å². The highest BCUT2D eigenvalue weighted by atomic mass is 16.4. The van der Waals surface area contributed by atoms with E-state index in [2.05, 4.69) is 15.5 Å². The lowest BCUT2D eigenvalue weighted by Crippen LogP contribution is -2.24. The summed E-state index contributed by atoms with van der Waals surface area (Å²) in [5.41, 5.74) is 0. The first kappa shape index (κ1) is 10.7. The van der Waals surface area contributed by atoms with E-state index in [1.54, 1.807) is 6.92 Å². The Balaban J connectivity index is 2.23. The van der Waals surface area contributed by atoms with E-state index in [0.29, 0.717) is 24.6 Å². The van der Waals surface area contributed by atoms with Crippen LogP contribution in [0, 0.1) is 6.92 Å². The van der Waals surface area contributed by atoms with Crippen LogP contribution in [-0.2, 0) is 11.2 Å². The molecule has 0 spiro atoms. The second-order valence-corrected chi connectivity index (χ2v) is 3.06. The molecule has 14 heavy (non-hydrogen) atoms. The Hall–Kier alpha value is -1.39. The van der Waals surface area contributed by atoms with Gasteiger partial charge >= 0.3 is 0 Å². The van der Waals surface area contributed by atoms with Crippen molar-refractivity contribution >= 4 is 5.91 Å². The van der Waals surface area contributed by atoms with Crippen LogP contribution in [0.5, 0.6) is 0 Å². The van der Waals surface area contributed by atoms with Crippen LogP contribution in [0.2, 0.25) is 0 Å². The Morgan fingerprint density at radius 1 is 1.50 bits per heavy atom. The number of nitrogens with one attached hydrogen (secondary N) is 1. The zero-order valence-electron chi connectivity index (χ0n) is 8.54. The van der Waals surface area contributed by atoms with Crippen LogP contribution < -0.4 is 5.32 Å². The third-order valence-corrected chi connectivity index (χ3v) is 1.71. The van der Waals surface area contributed by atoms with Crippen molar-refractivity contribution in [3.05, 3.63) is 11.8 Å². The lowest BCUT2D eigenvalue weighted by molar-refractivity contribution is -0.121. The molecule has 0 aromatic carbocycles. The Kier molecular flexibility index (Phi) is 4.10. The van der Waals surface area contributed by atoms with Gasteiger partial charge in [0.15, 0.2) is 0 Å². The normalized spacial score (nSPS) is 10.1. The van der Waals surface area contributed by atoms with Crippen LogP contribution in [0.15, 0.2) is 4.42 Å². The van der Waals surface area contributed by atoms with Gasteiger partial charge in [0.2, 0.25) is 17.7 Å². The topological polar surface area (TPSA) is 68.0 Å². The van der Waals surface area contributed by atoms with Gasteiger partial charge in [0.05, 0.1) is 0 Å². The summed E-state index contributed by atoms with van der Waals surface area (Å²) >= 11 is 0. The summed E-state index contributed by atoms with van der Waals surface area (Å²) in [5.74, 6) is 1.09. The van der Waals surface area contributed by atoms with E-state index in [4.69, 9.17) is 4.42 Å². The Morgan fingerprint density at radius 3 is 2.86 bits per heavy atom. The van der Waals surface area contributed by atoms with Crippen molar-refractivity contribution in [3.63, 3.8) is 0 Å². The molecule has 0 bridgehead atoms. The number of amides is 1. The van der Waals surface area contributed by atoms with E-state index in [-0.39, 0.29) is 5.91 Å². The predicted molar refractivity (Wildman–Crippen MR) is 50.7 cm³/mol. The zero-order chi connectivity index (χ0) is 10.4. The second kappa shape index (κ2) is 5.36. The fourth-order valence-electron chi connectivity index (χ4n) is 1.01. The van der Waals surface area contributed by atoms with Crippen molar-refractivity contribution in [1.82, 2.24) is 15.5 Å². The summed E-state index contributed by atoms with van der Waals surface area (Å²) in [5, 5.41) is 10.3. The van der Waals surface area contributed by atoms with Crippen molar-refractivity contribution in [2.45, 2.75) is 33.1 Å². The highest BCUT2D eigenvalue weighted by Gasteiger charge is 2.05. The molecule has 0 saturated carbocycles. The molecular weight excluding hydrogens is 182 g/mol. The maximum Gasteiger partial charge on any atom is 0.220 e. The lowest BCUT2D eigenvalue weighted by atomic mass is 10.3. The molecule has 1 aromatic rings. The van der Waals surface area contributed by atoms with Crippen LogP contribution in [-0.4, -0.2) is 22.6 Å². The molecule has 0 aliphatic carbocycles. The molecule has 0 aliphatic heterocycles. The van der Waals surface area contributed by atoms with Crippen molar-refractivity contribution < 1.29 is 9.21 Å². The summed E-state index contributed by atoms with van der Waals surface area (Å²) in [7, 11) is 0. The maximum atomic E-state index is 11.2. The quantitative estimate of drug-likeness (QED) is 0.759. The number of aromatic nitrogens is 2. The zero-order valence-corrected chi connectivity index (χ0v) is 8.54. The fraction of sp³-hybridized carbons (Fsp3) is 0.667. The summed E-state index contributed by atoms with van der Waals surface area (Å²) in [4.78, 5) is 11.2. The van der Waals surface area contributed by atoms with E-state index in [1.807, 2.05) is 6.92 Å². The van der Waals surface area contributed by atoms with Crippen LogP contribution in [0.1, 0.15) is 31.5 Å². The number of hydrogen-bond donors (Lipinski definition) is 1. The Bertz CT molecular complexity index is 296. The molecule has 0 radical (unpaired) electrons. The monoisotopic (exact) mass is 197 g/mol. The number of carbonyl (C=O) groups is 1. The number of hydrogen-bond acceptors (Lipinski definition) is 4.